The Morgan fingerprint density at radius 1 is 1.38 bits per heavy atom. The number of rotatable bonds is 5. The third-order valence-corrected chi connectivity index (χ3v) is 6.11. The molecular formula is C21H30N2O3. The Balaban J connectivity index is 1.69. The van der Waals surface area contributed by atoms with Crippen molar-refractivity contribution >= 4 is 0 Å². The summed E-state index contributed by atoms with van der Waals surface area (Å²) < 4.78 is 11.9. The fourth-order valence-corrected chi connectivity index (χ4v) is 4.80. The van der Waals surface area contributed by atoms with Crippen molar-refractivity contribution in [3.05, 3.63) is 35.4 Å². The molecule has 0 saturated heterocycles. The first-order valence-electron chi connectivity index (χ1n) is 9.65. The lowest BCUT2D eigenvalue weighted by Crippen LogP contribution is -2.43. The maximum Gasteiger partial charge on any atom is 0.166 e. The van der Waals surface area contributed by atoms with E-state index >= 15 is 0 Å². The number of aliphatic hydroxyl groups excluding tert-OH is 1. The topological polar surface area (TPSA) is 45.2 Å². The van der Waals surface area contributed by atoms with Gasteiger partial charge >= 0.3 is 0 Å². The summed E-state index contributed by atoms with van der Waals surface area (Å²) in [7, 11) is 5.96. The van der Waals surface area contributed by atoms with Gasteiger partial charge in [0.15, 0.2) is 11.5 Å². The van der Waals surface area contributed by atoms with E-state index in [2.05, 4.69) is 36.0 Å². The van der Waals surface area contributed by atoms with Crippen molar-refractivity contribution in [2.45, 2.75) is 43.4 Å². The third kappa shape index (κ3) is 2.92. The van der Waals surface area contributed by atoms with Gasteiger partial charge < -0.3 is 19.5 Å². The number of methoxy groups -OCH3 is 1. The van der Waals surface area contributed by atoms with Crippen LogP contribution in [0.3, 0.4) is 0 Å². The van der Waals surface area contributed by atoms with Crippen LogP contribution in [0.2, 0.25) is 0 Å². The number of nitrogens with zero attached hydrogens (tertiary/aromatic N) is 2. The van der Waals surface area contributed by atoms with Crippen molar-refractivity contribution in [1.82, 2.24) is 9.80 Å². The molecule has 1 aromatic carbocycles. The molecule has 5 heteroatoms. The van der Waals surface area contributed by atoms with Crippen LogP contribution in [0.5, 0.6) is 11.5 Å². The second kappa shape index (κ2) is 6.87. The Hall–Kier alpha value is -1.56. The molecule has 1 aliphatic carbocycles. The standard InChI is InChI=1S/C21H30N2O3/c1-22(2)10-4-11-23-12-9-21-8-7-16(24)13-18(21)26-20-17(25-3)6-5-15(14-23)19(20)21/h5-8,16,18,24H,4,9-14H2,1-3H3/t16?,18-,21?/m0/s1. The van der Waals surface area contributed by atoms with Gasteiger partial charge in [0.2, 0.25) is 0 Å². The minimum Gasteiger partial charge on any atom is -0.493 e. The number of hydrogen-bond donors (Lipinski definition) is 1. The number of aliphatic hydroxyl groups is 1. The number of ether oxygens (including phenoxy) is 2. The normalized spacial score (nSPS) is 29.9. The summed E-state index contributed by atoms with van der Waals surface area (Å²) in [6.07, 6.45) is 6.59. The van der Waals surface area contributed by atoms with Crippen LogP contribution in [-0.4, -0.2) is 68.0 Å². The van der Waals surface area contributed by atoms with E-state index in [1.165, 1.54) is 17.5 Å². The summed E-state index contributed by atoms with van der Waals surface area (Å²) in [5.74, 6) is 1.70. The molecule has 3 aliphatic rings. The summed E-state index contributed by atoms with van der Waals surface area (Å²) in [5.41, 5.74) is 2.50. The van der Waals surface area contributed by atoms with Gasteiger partial charge in [0.05, 0.1) is 18.6 Å². The smallest absolute Gasteiger partial charge is 0.166 e. The van der Waals surface area contributed by atoms with Crippen LogP contribution in [0.15, 0.2) is 24.3 Å². The van der Waals surface area contributed by atoms with Gasteiger partial charge in [-0.05, 0) is 58.2 Å². The van der Waals surface area contributed by atoms with Gasteiger partial charge in [-0.15, -0.1) is 0 Å². The summed E-state index contributed by atoms with van der Waals surface area (Å²) in [6.45, 7) is 4.21. The van der Waals surface area contributed by atoms with Crippen molar-refractivity contribution in [2.75, 3.05) is 40.8 Å². The van der Waals surface area contributed by atoms with Crippen molar-refractivity contribution < 1.29 is 14.6 Å². The second-order valence-corrected chi connectivity index (χ2v) is 8.12. The number of benzene rings is 1. The quantitative estimate of drug-likeness (QED) is 0.818. The maximum atomic E-state index is 10.1. The van der Waals surface area contributed by atoms with Crippen LogP contribution in [0, 0.1) is 0 Å². The van der Waals surface area contributed by atoms with Gasteiger partial charge in [-0.1, -0.05) is 18.2 Å². The molecule has 2 heterocycles. The largest absolute Gasteiger partial charge is 0.493 e. The molecule has 3 atom stereocenters. The van der Waals surface area contributed by atoms with Gasteiger partial charge in [-0.3, -0.25) is 4.90 Å². The second-order valence-electron chi connectivity index (χ2n) is 8.12. The zero-order chi connectivity index (χ0) is 18.3. The van der Waals surface area contributed by atoms with E-state index in [0.717, 1.165) is 44.1 Å². The van der Waals surface area contributed by atoms with Gasteiger partial charge in [-0.25, -0.2) is 0 Å². The molecule has 1 aromatic rings. The average Bonchev–Trinajstić information content (AvgIpc) is 2.85. The highest BCUT2D eigenvalue weighted by molar-refractivity contribution is 5.60. The Bertz CT molecular complexity index is 703. The van der Waals surface area contributed by atoms with Crippen molar-refractivity contribution in [2.24, 2.45) is 0 Å². The first kappa shape index (κ1) is 17.8. The zero-order valence-electron chi connectivity index (χ0n) is 16.1. The Kier molecular flexibility index (Phi) is 4.71. The first-order valence-corrected chi connectivity index (χ1v) is 9.65. The molecule has 0 aromatic heterocycles. The molecule has 5 nitrogen and oxygen atoms in total. The molecule has 0 saturated carbocycles. The molecule has 1 spiro atoms. The summed E-state index contributed by atoms with van der Waals surface area (Å²) in [4.78, 5) is 4.81. The third-order valence-electron chi connectivity index (χ3n) is 6.11. The van der Waals surface area contributed by atoms with Gasteiger partial charge in [0, 0.05) is 18.5 Å². The van der Waals surface area contributed by atoms with E-state index in [1.807, 2.05) is 12.1 Å². The van der Waals surface area contributed by atoms with E-state index < -0.39 is 6.10 Å². The minimum absolute atomic E-state index is 0.00530. The van der Waals surface area contributed by atoms with Crippen molar-refractivity contribution in [1.29, 1.82) is 0 Å². The van der Waals surface area contributed by atoms with Crippen molar-refractivity contribution in [3.8, 4) is 11.5 Å². The molecule has 0 radical (unpaired) electrons. The maximum absolute atomic E-state index is 10.1. The monoisotopic (exact) mass is 358 g/mol. The van der Waals surface area contributed by atoms with Crippen LogP contribution in [0.25, 0.3) is 0 Å². The van der Waals surface area contributed by atoms with Crippen LogP contribution in [0.4, 0.5) is 0 Å². The van der Waals surface area contributed by atoms with E-state index in [-0.39, 0.29) is 11.5 Å². The Labute approximate surface area is 156 Å². The van der Waals surface area contributed by atoms with E-state index in [9.17, 15) is 5.11 Å². The van der Waals surface area contributed by atoms with Crippen LogP contribution >= 0.6 is 0 Å². The van der Waals surface area contributed by atoms with Crippen molar-refractivity contribution in [3.63, 3.8) is 0 Å². The fraction of sp³-hybridized carbons (Fsp3) is 0.619. The number of hydrogen-bond acceptors (Lipinski definition) is 5. The van der Waals surface area contributed by atoms with Gasteiger partial charge in [0.1, 0.15) is 6.10 Å². The predicted molar refractivity (Wildman–Crippen MR) is 102 cm³/mol. The fourth-order valence-electron chi connectivity index (χ4n) is 4.80. The summed E-state index contributed by atoms with van der Waals surface area (Å²) in [6, 6.07) is 4.23. The molecule has 2 unspecified atom stereocenters. The molecule has 0 amide bonds. The molecule has 4 rings (SSSR count). The SMILES string of the molecule is COc1ccc2c3c1O[C@H]1CC(O)C=CC31CCN(CCCN(C)C)C2. The van der Waals surface area contributed by atoms with Crippen LogP contribution in [-0.2, 0) is 12.0 Å². The molecule has 26 heavy (non-hydrogen) atoms. The lowest BCUT2D eigenvalue weighted by atomic mass is 9.69. The van der Waals surface area contributed by atoms with E-state index in [0.29, 0.717) is 6.42 Å². The first-order chi connectivity index (χ1) is 12.5. The minimum atomic E-state index is -0.422. The Morgan fingerprint density at radius 2 is 2.23 bits per heavy atom. The van der Waals surface area contributed by atoms with E-state index in [4.69, 9.17) is 9.47 Å². The molecule has 0 fully saturated rings. The van der Waals surface area contributed by atoms with Crippen LogP contribution < -0.4 is 9.47 Å². The average molecular weight is 358 g/mol. The summed E-state index contributed by atoms with van der Waals surface area (Å²) >= 11 is 0. The van der Waals surface area contributed by atoms with Gasteiger partial charge in [-0.2, -0.15) is 0 Å². The summed E-state index contributed by atoms with van der Waals surface area (Å²) in [5, 5.41) is 10.1. The zero-order valence-corrected chi connectivity index (χ0v) is 16.1. The molecule has 1 N–H and O–H groups in total. The van der Waals surface area contributed by atoms with Crippen LogP contribution in [0.1, 0.15) is 30.4 Å². The lowest BCUT2D eigenvalue weighted by molar-refractivity contribution is 0.0808. The Morgan fingerprint density at radius 3 is 3.00 bits per heavy atom. The molecule has 142 valence electrons. The highest BCUT2D eigenvalue weighted by Gasteiger charge is 2.52. The van der Waals surface area contributed by atoms with E-state index in [1.54, 1.807) is 7.11 Å². The molecule has 0 bridgehead atoms. The molecule has 2 aliphatic heterocycles. The predicted octanol–water partition coefficient (Wildman–Crippen LogP) is 2.17. The van der Waals surface area contributed by atoms with Gasteiger partial charge in [0.25, 0.3) is 0 Å². The molecular weight excluding hydrogens is 328 g/mol. The lowest BCUT2D eigenvalue weighted by Gasteiger charge is -2.36. The highest BCUT2D eigenvalue weighted by atomic mass is 16.5. The highest BCUT2D eigenvalue weighted by Crippen LogP contribution is 2.55.